The highest BCUT2D eigenvalue weighted by atomic mass is 79.9. The van der Waals surface area contributed by atoms with Crippen molar-refractivity contribution in [1.82, 2.24) is 0 Å². The molecule has 0 saturated heterocycles. The van der Waals surface area contributed by atoms with Gasteiger partial charge in [-0.2, -0.15) is 0 Å². The minimum atomic E-state index is -0.546. The molecule has 0 spiro atoms. The number of benzene rings is 3. The van der Waals surface area contributed by atoms with Crippen molar-refractivity contribution in [1.29, 1.82) is 0 Å². The van der Waals surface area contributed by atoms with Gasteiger partial charge in [-0.05, 0) is 36.4 Å². The molecule has 4 rings (SSSR count). The number of carbonyl (C=O) groups excluding carboxylic acids is 1. The number of hydrogen-bond donors (Lipinski definition) is 0. The van der Waals surface area contributed by atoms with Crippen LogP contribution in [0.5, 0.6) is 11.5 Å². The van der Waals surface area contributed by atoms with Gasteiger partial charge in [0, 0.05) is 9.86 Å². The molecule has 4 aromatic rings. The van der Waals surface area contributed by atoms with Gasteiger partial charge in [-0.15, -0.1) is 0 Å². The molecule has 0 bridgehead atoms. The fraction of sp³-hybridized carbons (Fsp3) is 0.125. The lowest BCUT2D eigenvalue weighted by atomic mass is 10.1. The zero-order chi connectivity index (χ0) is 20.8. The predicted molar refractivity (Wildman–Crippen MR) is 117 cm³/mol. The molecule has 0 unspecified atom stereocenters. The lowest BCUT2D eigenvalue weighted by molar-refractivity contribution is 0.0414. The van der Waals surface area contributed by atoms with E-state index in [0.717, 1.165) is 9.86 Å². The van der Waals surface area contributed by atoms with Gasteiger partial charge in [-0.25, -0.2) is 4.79 Å². The number of ether oxygens (including phenoxy) is 3. The van der Waals surface area contributed by atoms with Gasteiger partial charge >= 0.3 is 5.97 Å². The quantitative estimate of drug-likeness (QED) is 0.235. The average molecular weight is 467 g/mol. The van der Waals surface area contributed by atoms with Crippen LogP contribution in [0.3, 0.4) is 0 Å². The summed E-state index contributed by atoms with van der Waals surface area (Å²) in [7, 11) is 0. The first-order valence-corrected chi connectivity index (χ1v) is 10.2. The van der Waals surface area contributed by atoms with Crippen LogP contribution < -0.4 is 9.47 Å². The Morgan fingerprint density at radius 1 is 0.833 bits per heavy atom. The van der Waals surface area contributed by atoms with Crippen molar-refractivity contribution in [3.05, 3.63) is 94.7 Å². The Balaban J connectivity index is 1.43. The molecule has 1 aromatic heterocycles. The van der Waals surface area contributed by atoms with Gasteiger partial charge < -0.3 is 18.6 Å². The van der Waals surface area contributed by atoms with Crippen molar-refractivity contribution in [3.8, 4) is 11.5 Å². The molecule has 0 aliphatic carbocycles. The van der Waals surface area contributed by atoms with Gasteiger partial charge in [0.2, 0.25) is 5.76 Å². The molecule has 30 heavy (non-hydrogen) atoms. The third kappa shape index (κ3) is 4.83. The van der Waals surface area contributed by atoms with Crippen molar-refractivity contribution < 1.29 is 23.4 Å². The summed E-state index contributed by atoms with van der Waals surface area (Å²) in [5, 5.41) is 0.825. The van der Waals surface area contributed by atoms with Crippen LogP contribution in [-0.4, -0.2) is 19.2 Å². The Morgan fingerprint density at radius 2 is 1.60 bits per heavy atom. The summed E-state index contributed by atoms with van der Waals surface area (Å²) < 4.78 is 23.5. The Bertz CT molecular complexity index is 1140. The number of halogens is 1. The molecule has 0 N–H and O–H groups in total. The molecule has 0 radical (unpaired) electrons. The predicted octanol–water partition coefficient (Wildman–Crippen LogP) is 6.01. The van der Waals surface area contributed by atoms with Gasteiger partial charge in [-0.3, -0.25) is 0 Å². The summed E-state index contributed by atoms with van der Waals surface area (Å²) in [5.74, 6) is 1.01. The zero-order valence-electron chi connectivity index (χ0n) is 16.0. The number of rotatable bonds is 8. The van der Waals surface area contributed by atoms with E-state index in [9.17, 15) is 4.79 Å². The Kier molecular flexibility index (Phi) is 6.35. The van der Waals surface area contributed by atoms with E-state index < -0.39 is 5.97 Å². The van der Waals surface area contributed by atoms with Crippen LogP contribution in [-0.2, 0) is 11.3 Å². The van der Waals surface area contributed by atoms with Crippen LogP contribution in [0.1, 0.15) is 16.1 Å². The van der Waals surface area contributed by atoms with Crippen LogP contribution in [0.4, 0.5) is 0 Å². The molecule has 3 aromatic carbocycles. The second-order valence-corrected chi connectivity index (χ2v) is 7.37. The van der Waals surface area contributed by atoms with Crippen molar-refractivity contribution in [2.24, 2.45) is 0 Å². The third-order valence-corrected chi connectivity index (χ3v) is 4.88. The van der Waals surface area contributed by atoms with Crippen LogP contribution in [0, 0.1) is 0 Å². The Hall–Kier alpha value is -3.25. The molecular formula is C24H19BrO5. The zero-order valence-corrected chi connectivity index (χ0v) is 17.6. The molecule has 5 nitrogen and oxygen atoms in total. The van der Waals surface area contributed by atoms with Gasteiger partial charge in [0.05, 0.1) is 5.56 Å². The molecule has 0 aliphatic heterocycles. The average Bonchev–Trinajstić information content (AvgIpc) is 3.15. The van der Waals surface area contributed by atoms with E-state index in [4.69, 9.17) is 18.6 Å². The minimum absolute atomic E-state index is 0.0986. The smallest absolute Gasteiger partial charge is 0.374 e. The van der Waals surface area contributed by atoms with Gasteiger partial charge in [0.25, 0.3) is 0 Å². The lowest BCUT2D eigenvalue weighted by Gasteiger charge is -2.08. The number of carbonyl (C=O) groups is 1. The molecule has 0 atom stereocenters. The maximum Gasteiger partial charge on any atom is 0.374 e. The second-order valence-electron chi connectivity index (χ2n) is 6.45. The SMILES string of the molecule is O=C(OCCOc1cccc(Br)c1)c1oc2ccccc2c1COc1ccccc1. The van der Waals surface area contributed by atoms with Crippen LogP contribution >= 0.6 is 15.9 Å². The summed E-state index contributed by atoms with van der Waals surface area (Å²) in [4.78, 5) is 12.7. The molecule has 6 heteroatoms. The second kappa shape index (κ2) is 9.50. The summed E-state index contributed by atoms with van der Waals surface area (Å²) in [6.45, 7) is 0.527. The number of para-hydroxylation sites is 2. The third-order valence-electron chi connectivity index (χ3n) is 4.39. The van der Waals surface area contributed by atoms with Crippen LogP contribution in [0.2, 0.25) is 0 Å². The van der Waals surface area contributed by atoms with Crippen LogP contribution in [0.25, 0.3) is 11.0 Å². The maximum atomic E-state index is 12.7. The molecule has 152 valence electrons. The Morgan fingerprint density at radius 3 is 2.43 bits per heavy atom. The standard InChI is InChI=1S/C24H19BrO5/c25-17-7-6-10-19(15-17)27-13-14-28-24(26)23-21(16-29-18-8-2-1-3-9-18)20-11-4-5-12-22(20)30-23/h1-12,15H,13-14,16H2. The highest BCUT2D eigenvalue weighted by Crippen LogP contribution is 2.28. The summed E-state index contributed by atoms with van der Waals surface area (Å²) in [6.07, 6.45) is 0. The molecule has 1 heterocycles. The van der Waals surface area contributed by atoms with E-state index in [1.807, 2.05) is 78.9 Å². The van der Waals surface area contributed by atoms with Crippen molar-refractivity contribution >= 4 is 32.9 Å². The largest absolute Gasteiger partial charge is 0.490 e. The number of fused-ring (bicyclic) bond motifs is 1. The lowest BCUT2D eigenvalue weighted by Crippen LogP contribution is -2.13. The molecule has 0 saturated carbocycles. The number of esters is 1. The first-order valence-electron chi connectivity index (χ1n) is 9.44. The minimum Gasteiger partial charge on any atom is -0.490 e. The number of furan rings is 1. The highest BCUT2D eigenvalue weighted by molar-refractivity contribution is 9.10. The molecule has 0 amide bonds. The van der Waals surface area contributed by atoms with E-state index in [1.54, 1.807) is 0 Å². The number of hydrogen-bond acceptors (Lipinski definition) is 5. The van der Waals surface area contributed by atoms with E-state index in [-0.39, 0.29) is 25.6 Å². The summed E-state index contributed by atoms with van der Waals surface area (Å²) in [5.41, 5.74) is 1.27. The van der Waals surface area contributed by atoms with Crippen LogP contribution in [0.15, 0.2) is 87.8 Å². The monoisotopic (exact) mass is 466 g/mol. The van der Waals surface area contributed by atoms with Gasteiger partial charge in [-0.1, -0.05) is 58.4 Å². The van der Waals surface area contributed by atoms with E-state index in [0.29, 0.717) is 22.6 Å². The fourth-order valence-electron chi connectivity index (χ4n) is 3.00. The highest BCUT2D eigenvalue weighted by Gasteiger charge is 2.22. The fourth-order valence-corrected chi connectivity index (χ4v) is 3.37. The van der Waals surface area contributed by atoms with E-state index in [1.165, 1.54) is 0 Å². The van der Waals surface area contributed by atoms with E-state index >= 15 is 0 Å². The van der Waals surface area contributed by atoms with Crippen molar-refractivity contribution in [2.45, 2.75) is 6.61 Å². The van der Waals surface area contributed by atoms with Crippen molar-refractivity contribution in [2.75, 3.05) is 13.2 Å². The van der Waals surface area contributed by atoms with Gasteiger partial charge in [0.1, 0.15) is 36.9 Å². The first-order chi connectivity index (χ1) is 14.7. The topological polar surface area (TPSA) is 57.9 Å². The van der Waals surface area contributed by atoms with Gasteiger partial charge in [0.15, 0.2) is 0 Å². The molecular weight excluding hydrogens is 448 g/mol. The normalized spacial score (nSPS) is 10.7. The first kappa shape index (κ1) is 20.0. The summed E-state index contributed by atoms with van der Waals surface area (Å²) in [6, 6.07) is 24.4. The molecule has 0 aliphatic rings. The van der Waals surface area contributed by atoms with Crippen molar-refractivity contribution in [3.63, 3.8) is 0 Å². The molecule has 0 fully saturated rings. The maximum absolute atomic E-state index is 12.7. The summed E-state index contributed by atoms with van der Waals surface area (Å²) >= 11 is 3.39. The Labute approximate surface area is 182 Å². The van der Waals surface area contributed by atoms with E-state index in [2.05, 4.69) is 15.9 Å².